The topological polar surface area (TPSA) is 12.0 Å². The van der Waals surface area contributed by atoms with E-state index in [0.29, 0.717) is 0 Å². The second kappa shape index (κ2) is 8.53. The van der Waals surface area contributed by atoms with Gasteiger partial charge in [-0.1, -0.05) is 38.5 Å². The second-order valence-corrected chi connectivity index (χ2v) is 4.84. The van der Waals surface area contributed by atoms with Crippen molar-refractivity contribution in [3.63, 3.8) is 0 Å². The smallest absolute Gasteiger partial charge is 0.00696 e. The van der Waals surface area contributed by atoms with Crippen LogP contribution >= 0.6 is 0 Å². The van der Waals surface area contributed by atoms with Crippen molar-refractivity contribution >= 4 is 19.5 Å². The van der Waals surface area contributed by atoms with Gasteiger partial charge in [-0.15, -0.1) is 0 Å². The molecule has 1 N–H and O–H groups in total. The van der Waals surface area contributed by atoms with Gasteiger partial charge in [-0.2, -0.15) is 0 Å². The molecule has 2 aliphatic rings. The van der Waals surface area contributed by atoms with Gasteiger partial charge in [0.2, 0.25) is 0 Å². The molecule has 0 unspecified atom stereocenters. The summed E-state index contributed by atoms with van der Waals surface area (Å²) in [6.07, 6.45) is 14.6. The van der Waals surface area contributed by atoms with Crippen molar-refractivity contribution in [1.82, 2.24) is 5.32 Å². The van der Waals surface area contributed by atoms with Crippen LogP contribution in [0.4, 0.5) is 0 Å². The SMILES string of the molecule is C1CCC(NC2CCCCC2)CC1.[SiH3][SiH3]. The molecule has 0 aliphatic heterocycles. The fourth-order valence-corrected chi connectivity index (χ4v) is 2.87. The van der Waals surface area contributed by atoms with Gasteiger partial charge in [-0.05, 0) is 45.2 Å². The Hall–Kier alpha value is 0.394. The summed E-state index contributed by atoms with van der Waals surface area (Å²) in [5, 5.41) is 3.86. The molecule has 90 valence electrons. The van der Waals surface area contributed by atoms with Gasteiger partial charge in [0.25, 0.3) is 0 Å². The highest BCUT2D eigenvalue weighted by Gasteiger charge is 2.19. The molecule has 2 saturated carbocycles. The summed E-state index contributed by atoms with van der Waals surface area (Å²) in [6.45, 7) is 0. The number of hydrogen-bond donors (Lipinski definition) is 1. The molecule has 0 bridgehead atoms. The quantitative estimate of drug-likeness (QED) is 0.710. The number of nitrogens with one attached hydrogen (secondary N) is 1. The van der Waals surface area contributed by atoms with E-state index in [9.17, 15) is 0 Å². The summed E-state index contributed by atoms with van der Waals surface area (Å²) in [4.78, 5) is 0. The summed E-state index contributed by atoms with van der Waals surface area (Å²) >= 11 is 0. The largest absolute Gasteiger partial charge is 0.311 e. The maximum Gasteiger partial charge on any atom is 0.00696 e. The lowest BCUT2D eigenvalue weighted by molar-refractivity contribution is 0.291. The van der Waals surface area contributed by atoms with E-state index in [1.807, 2.05) is 0 Å². The molecule has 2 rings (SSSR count). The highest BCUT2D eigenvalue weighted by Crippen LogP contribution is 2.22. The lowest BCUT2D eigenvalue weighted by atomic mass is 9.91. The van der Waals surface area contributed by atoms with E-state index in [0.717, 1.165) is 12.1 Å². The second-order valence-electron chi connectivity index (χ2n) is 4.84. The fourth-order valence-electron chi connectivity index (χ4n) is 2.87. The molecule has 3 heteroatoms. The van der Waals surface area contributed by atoms with Crippen molar-refractivity contribution < 1.29 is 0 Å². The molecule has 0 saturated heterocycles. The lowest BCUT2D eigenvalue weighted by Crippen LogP contribution is -2.40. The fraction of sp³-hybridized carbons (Fsp3) is 1.00. The summed E-state index contributed by atoms with van der Waals surface area (Å²) in [6, 6.07) is 1.74. The van der Waals surface area contributed by atoms with E-state index in [1.165, 1.54) is 83.7 Å². The van der Waals surface area contributed by atoms with Crippen molar-refractivity contribution in [3.8, 4) is 0 Å². The van der Waals surface area contributed by atoms with E-state index in [-0.39, 0.29) is 0 Å². The minimum absolute atomic E-state index is 0.872. The third-order valence-electron chi connectivity index (χ3n) is 3.68. The molecule has 0 aromatic rings. The first-order valence-electron chi connectivity index (χ1n) is 7.21. The lowest BCUT2D eigenvalue weighted by Gasteiger charge is -2.30. The third-order valence-corrected chi connectivity index (χ3v) is 3.68. The molecular formula is C12H29NSi2. The van der Waals surface area contributed by atoms with E-state index in [1.54, 1.807) is 0 Å². The van der Waals surface area contributed by atoms with Gasteiger partial charge >= 0.3 is 0 Å². The van der Waals surface area contributed by atoms with Crippen molar-refractivity contribution in [3.05, 3.63) is 0 Å². The first-order chi connectivity index (χ1) is 7.45. The van der Waals surface area contributed by atoms with Crippen molar-refractivity contribution in [2.24, 2.45) is 0 Å². The normalized spacial score (nSPS) is 24.8. The highest BCUT2D eigenvalue weighted by molar-refractivity contribution is 6.75. The summed E-state index contributed by atoms with van der Waals surface area (Å²) < 4.78 is 0. The maximum atomic E-state index is 3.86. The van der Waals surface area contributed by atoms with Crippen LogP contribution in [0.3, 0.4) is 0 Å². The molecule has 15 heavy (non-hydrogen) atoms. The Morgan fingerprint density at radius 1 is 0.600 bits per heavy atom. The van der Waals surface area contributed by atoms with Crippen molar-refractivity contribution in [2.75, 3.05) is 0 Å². The predicted molar refractivity (Wildman–Crippen MR) is 76.8 cm³/mol. The predicted octanol–water partition coefficient (Wildman–Crippen LogP) is 0.874. The van der Waals surface area contributed by atoms with Crippen LogP contribution < -0.4 is 5.32 Å². The van der Waals surface area contributed by atoms with Gasteiger partial charge in [0.1, 0.15) is 0 Å². The van der Waals surface area contributed by atoms with E-state index in [2.05, 4.69) is 5.32 Å². The zero-order valence-electron chi connectivity index (χ0n) is 10.7. The third kappa shape index (κ3) is 5.32. The average Bonchev–Trinajstić information content (AvgIpc) is 2.34. The maximum absolute atomic E-state index is 3.86. The zero-order valence-corrected chi connectivity index (χ0v) is 14.7. The molecular weight excluding hydrogens is 214 g/mol. The van der Waals surface area contributed by atoms with Gasteiger partial charge in [-0.3, -0.25) is 0 Å². The van der Waals surface area contributed by atoms with Gasteiger partial charge in [-0.25, -0.2) is 0 Å². The molecule has 0 aromatic carbocycles. The van der Waals surface area contributed by atoms with Gasteiger partial charge in [0.05, 0.1) is 0 Å². The van der Waals surface area contributed by atoms with Gasteiger partial charge in [0.15, 0.2) is 0 Å². The van der Waals surface area contributed by atoms with E-state index in [4.69, 9.17) is 0 Å². The van der Waals surface area contributed by atoms with Crippen LogP contribution in [-0.2, 0) is 0 Å². The number of rotatable bonds is 2. The van der Waals surface area contributed by atoms with Crippen LogP contribution in [0.5, 0.6) is 0 Å². The summed E-state index contributed by atoms with van der Waals surface area (Å²) in [7, 11) is 2.89. The molecule has 2 fully saturated rings. The molecule has 0 aromatic heterocycles. The molecule has 1 nitrogen and oxygen atoms in total. The molecule has 2 aliphatic carbocycles. The van der Waals surface area contributed by atoms with Crippen LogP contribution in [0.1, 0.15) is 64.2 Å². The summed E-state index contributed by atoms with van der Waals surface area (Å²) in [5.41, 5.74) is 0. The Labute approximate surface area is 101 Å². The standard InChI is InChI=1S/C12H23N.H6Si2/c1-3-7-11(8-4-1)13-12-9-5-2-6-10-12;1-2/h11-13H,1-10H2;1-2H3. The number of hydrogen-bond acceptors (Lipinski definition) is 1. The Bertz CT molecular complexity index is 125. The van der Waals surface area contributed by atoms with Crippen molar-refractivity contribution in [1.29, 1.82) is 0 Å². The highest BCUT2D eigenvalue weighted by atomic mass is 29.1. The monoisotopic (exact) mass is 243 g/mol. The molecule has 0 radical (unpaired) electrons. The Balaban J connectivity index is 0.000000531. The minimum Gasteiger partial charge on any atom is -0.311 e. The van der Waals surface area contributed by atoms with Crippen molar-refractivity contribution in [2.45, 2.75) is 76.3 Å². The van der Waals surface area contributed by atoms with E-state index >= 15 is 0 Å². The molecule has 0 atom stereocenters. The van der Waals surface area contributed by atoms with Gasteiger partial charge in [0, 0.05) is 12.1 Å². The average molecular weight is 244 g/mol. The molecule has 0 spiro atoms. The Morgan fingerprint density at radius 3 is 1.27 bits per heavy atom. The zero-order chi connectivity index (χ0) is 10.9. The van der Waals surface area contributed by atoms with E-state index < -0.39 is 0 Å². The van der Waals surface area contributed by atoms with Gasteiger partial charge < -0.3 is 5.32 Å². The van der Waals surface area contributed by atoms with Crippen LogP contribution in [0.25, 0.3) is 0 Å². The van der Waals surface area contributed by atoms with Crippen LogP contribution in [0.2, 0.25) is 0 Å². The molecule has 0 amide bonds. The summed E-state index contributed by atoms with van der Waals surface area (Å²) in [5.74, 6) is 0. The Kier molecular flexibility index (Phi) is 7.66. The Morgan fingerprint density at radius 2 is 0.933 bits per heavy atom. The first-order valence-corrected chi connectivity index (χ1v) is 15.2. The van der Waals surface area contributed by atoms with Crippen LogP contribution in [-0.4, -0.2) is 31.6 Å². The molecule has 0 heterocycles. The van der Waals surface area contributed by atoms with Crippen LogP contribution in [0, 0.1) is 0 Å². The van der Waals surface area contributed by atoms with Crippen LogP contribution in [0.15, 0.2) is 0 Å². The first kappa shape index (κ1) is 13.5. The minimum atomic E-state index is 0.872.